The van der Waals surface area contributed by atoms with Crippen molar-refractivity contribution in [3.05, 3.63) is 12.7 Å². The van der Waals surface area contributed by atoms with Crippen LogP contribution < -0.4 is 17.2 Å². The number of hydrogen-bond acceptors (Lipinski definition) is 3. The molecular weight excluding hydrogens is 234 g/mol. The molecule has 0 spiro atoms. The molecule has 0 aromatic carbocycles. The van der Waals surface area contributed by atoms with Crippen molar-refractivity contribution >= 4 is 0 Å². The Morgan fingerprint density at radius 3 is 1.37 bits per heavy atom. The second-order valence-corrected chi connectivity index (χ2v) is 5.83. The van der Waals surface area contributed by atoms with E-state index in [9.17, 15) is 0 Å². The van der Waals surface area contributed by atoms with Gasteiger partial charge in [-0.15, -0.1) is 6.58 Å². The fourth-order valence-corrected chi connectivity index (χ4v) is 2.31. The predicted octanol–water partition coefficient (Wildman–Crippen LogP) is 3.77. The van der Waals surface area contributed by atoms with E-state index in [1.807, 2.05) is 6.08 Å². The minimum absolute atomic E-state index is 0.720. The number of hydrogen-bond donors (Lipinski definition) is 3. The maximum Gasteiger partial charge on any atom is 0.115 e. The van der Waals surface area contributed by atoms with Gasteiger partial charge in [0.2, 0.25) is 0 Å². The predicted molar refractivity (Wildman–Crippen MR) is 85.5 cm³/mol. The van der Waals surface area contributed by atoms with Gasteiger partial charge in [-0.25, -0.2) is 0 Å². The Morgan fingerprint density at radius 1 is 0.632 bits per heavy atom. The smallest absolute Gasteiger partial charge is 0.115 e. The van der Waals surface area contributed by atoms with E-state index in [1.54, 1.807) is 0 Å². The van der Waals surface area contributed by atoms with Crippen molar-refractivity contribution in [3.8, 4) is 0 Å². The van der Waals surface area contributed by atoms with Crippen LogP contribution in [0.4, 0.5) is 0 Å². The summed E-state index contributed by atoms with van der Waals surface area (Å²) in [6.07, 6.45) is 18.4. The minimum atomic E-state index is -0.967. The summed E-state index contributed by atoms with van der Waals surface area (Å²) in [6, 6.07) is 0. The van der Waals surface area contributed by atoms with Gasteiger partial charge in [-0.2, -0.15) is 0 Å². The minimum Gasteiger partial charge on any atom is -0.301 e. The summed E-state index contributed by atoms with van der Waals surface area (Å²) < 4.78 is 0. The van der Waals surface area contributed by atoms with E-state index in [0.29, 0.717) is 0 Å². The largest absolute Gasteiger partial charge is 0.301 e. The van der Waals surface area contributed by atoms with Crippen LogP contribution in [0.25, 0.3) is 0 Å². The van der Waals surface area contributed by atoms with Crippen LogP contribution in [-0.4, -0.2) is 5.79 Å². The summed E-state index contributed by atoms with van der Waals surface area (Å²) in [5.41, 5.74) is 16.6. The first-order chi connectivity index (χ1) is 9.06. The van der Waals surface area contributed by atoms with Gasteiger partial charge in [0.1, 0.15) is 5.79 Å². The van der Waals surface area contributed by atoms with E-state index in [2.05, 4.69) is 6.58 Å². The monoisotopic (exact) mass is 269 g/mol. The summed E-state index contributed by atoms with van der Waals surface area (Å²) in [5.74, 6) is -0.967. The van der Waals surface area contributed by atoms with Crippen LogP contribution in [-0.2, 0) is 0 Å². The highest BCUT2D eigenvalue weighted by atomic mass is 15.1. The topological polar surface area (TPSA) is 78.1 Å². The van der Waals surface area contributed by atoms with Crippen LogP contribution >= 0.6 is 0 Å². The lowest BCUT2D eigenvalue weighted by Gasteiger charge is -2.17. The maximum atomic E-state index is 5.52. The maximum absolute atomic E-state index is 5.52. The molecule has 0 aliphatic rings. The fraction of sp³-hybridized carbons (Fsp3) is 0.875. The molecule has 0 fully saturated rings. The number of nitrogens with two attached hydrogens (primary N) is 3. The van der Waals surface area contributed by atoms with Crippen molar-refractivity contribution < 1.29 is 0 Å². The van der Waals surface area contributed by atoms with Gasteiger partial charge in [-0.3, -0.25) is 0 Å². The van der Waals surface area contributed by atoms with Gasteiger partial charge in [0, 0.05) is 0 Å². The summed E-state index contributed by atoms with van der Waals surface area (Å²) in [5, 5.41) is 0. The van der Waals surface area contributed by atoms with Crippen molar-refractivity contribution in [1.29, 1.82) is 0 Å². The summed E-state index contributed by atoms with van der Waals surface area (Å²) in [4.78, 5) is 0. The van der Waals surface area contributed by atoms with Crippen LogP contribution in [0.15, 0.2) is 12.7 Å². The molecule has 3 heteroatoms. The van der Waals surface area contributed by atoms with Gasteiger partial charge in [0.15, 0.2) is 0 Å². The normalized spacial score (nSPS) is 11.7. The Bertz CT molecular complexity index is 197. The van der Waals surface area contributed by atoms with Gasteiger partial charge in [-0.1, -0.05) is 63.9 Å². The van der Waals surface area contributed by atoms with Crippen molar-refractivity contribution in [2.24, 2.45) is 17.2 Å². The van der Waals surface area contributed by atoms with E-state index in [0.717, 1.165) is 12.8 Å². The molecule has 0 saturated heterocycles. The summed E-state index contributed by atoms with van der Waals surface area (Å²) in [7, 11) is 0. The quantitative estimate of drug-likeness (QED) is 0.255. The molecule has 0 rings (SSSR count). The van der Waals surface area contributed by atoms with Crippen LogP contribution in [0.3, 0.4) is 0 Å². The average molecular weight is 269 g/mol. The molecule has 0 saturated carbocycles. The zero-order valence-corrected chi connectivity index (χ0v) is 12.7. The molecule has 0 radical (unpaired) electrons. The first-order valence-electron chi connectivity index (χ1n) is 8.04. The molecule has 19 heavy (non-hydrogen) atoms. The van der Waals surface area contributed by atoms with Crippen molar-refractivity contribution in [1.82, 2.24) is 0 Å². The van der Waals surface area contributed by atoms with Crippen molar-refractivity contribution in [2.45, 2.75) is 89.3 Å². The van der Waals surface area contributed by atoms with E-state index in [-0.39, 0.29) is 0 Å². The van der Waals surface area contributed by atoms with E-state index < -0.39 is 5.79 Å². The summed E-state index contributed by atoms with van der Waals surface area (Å²) in [6.45, 7) is 3.74. The Balaban J connectivity index is 3.01. The van der Waals surface area contributed by atoms with Crippen LogP contribution in [0.5, 0.6) is 0 Å². The molecule has 0 amide bonds. The van der Waals surface area contributed by atoms with Crippen LogP contribution in [0.1, 0.15) is 83.5 Å². The molecule has 6 N–H and O–H groups in total. The standard InChI is InChI=1S/C16H35N3/c1-2-3-4-5-6-7-8-9-10-11-12-13-14-15-16(17,18)19/h2H,1,3-15,17-19H2. The first-order valence-corrected chi connectivity index (χ1v) is 8.04. The van der Waals surface area contributed by atoms with Crippen LogP contribution in [0, 0.1) is 0 Å². The lowest BCUT2D eigenvalue weighted by molar-refractivity contribution is 0.399. The molecule has 0 atom stereocenters. The lowest BCUT2D eigenvalue weighted by atomic mass is 10.0. The van der Waals surface area contributed by atoms with Crippen molar-refractivity contribution in [3.63, 3.8) is 0 Å². The third-order valence-corrected chi connectivity index (χ3v) is 3.52. The zero-order valence-electron chi connectivity index (χ0n) is 12.7. The highest BCUT2D eigenvalue weighted by Gasteiger charge is 2.09. The highest BCUT2D eigenvalue weighted by molar-refractivity contribution is 4.67. The van der Waals surface area contributed by atoms with Gasteiger partial charge in [0.25, 0.3) is 0 Å². The molecule has 0 aromatic rings. The Morgan fingerprint density at radius 2 is 1.00 bits per heavy atom. The molecule has 0 heterocycles. The molecule has 0 aliphatic carbocycles. The second kappa shape index (κ2) is 12.6. The Labute approximate surface area is 120 Å². The fourth-order valence-electron chi connectivity index (χ4n) is 2.31. The van der Waals surface area contributed by atoms with E-state index in [1.165, 1.54) is 70.6 Å². The van der Waals surface area contributed by atoms with Gasteiger partial charge in [-0.05, 0) is 25.7 Å². The summed E-state index contributed by atoms with van der Waals surface area (Å²) >= 11 is 0. The molecular formula is C16H35N3. The molecule has 0 unspecified atom stereocenters. The third-order valence-electron chi connectivity index (χ3n) is 3.52. The Kier molecular flexibility index (Phi) is 12.4. The second-order valence-electron chi connectivity index (χ2n) is 5.83. The SMILES string of the molecule is C=CCCCCCCCCCCCCCC(N)(N)N. The highest BCUT2D eigenvalue weighted by Crippen LogP contribution is 2.13. The average Bonchev–Trinajstić information content (AvgIpc) is 2.34. The molecule has 0 aliphatic heterocycles. The number of unbranched alkanes of at least 4 members (excludes halogenated alkanes) is 11. The molecule has 0 bridgehead atoms. The van der Waals surface area contributed by atoms with E-state index in [4.69, 9.17) is 17.2 Å². The van der Waals surface area contributed by atoms with Gasteiger partial charge in [0.05, 0.1) is 0 Å². The molecule has 114 valence electrons. The Hall–Kier alpha value is -0.380. The van der Waals surface area contributed by atoms with E-state index >= 15 is 0 Å². The zero-order chi connectivity index (χ0) is 14.4. The number of rotatable bonds is 14. The van der Waals surface area contributed by atoms with Gasteiger partial charge < -0.3 is 17.2 Å². The van der Waals surface area contributed by atoms with Gasteiger partial charge >= 0.3 is 0 Å². The molecule has 3 nitrogen and oxygen atoms in total. The third kappa shape index (κ3) is 17.6. The first kappa shape index (κ1) is 18.6. The van der Waals surface area contributed by atoms with Crippen molar-refractivity contribution in [2.75, 3.05) is 0 Å². The number of allylic oxidation sites excluding steroid dienone is 1. The molecule has 0 aromatic heterocycles. The van der Waals surface area contributed by atoms with Crippen LogP contribution in [0.2, 0.25) is 0 Å². The lowest BCUT2D eigenvalue weighted by Crippen LogP contribution is -2.57.